The molecular weight excluding hydrogens is 324 g/mol. The Morgan fingerprint density at radius 3 is 2.00 bits per heavy atom. The summed E-state index contributed by atoms with van der Waals surface area (Å²) >= 11 is 0. The Kier molecular flexibility index (Phi) is 5.10. The van der Waals surface area contributed by atoms with Crippen molar-refractivity contribution < 1.29 is 19.1 Å². The number of esters is 1. The van der Waals surface area contributed by atoms with Gasteiger partial charge in [-0.1, -0.05) is 65.5 Å². The smallest absolute Gasteiger partial charge is 0.454 e. The molecule has 0 bridgehead atoms. The molecule has 3 aromatic rings. The van der Waals surface area contributed by atoms with Crippen LogP contribution in [0.15, 0.2) is 60.7 Å². The van der Waals surface area contributed by atoms with E-state index in [9.17, 15) is 9.59 Å². The molecule has 25 heavy (non-hydrogen) atoms. The van der Waals surface area contributed by atoms with Crippen molar-refractivity contribution in [2.24, 2.45) is 0 Å². The van der Waals surface area contributed by atoms with E-state index in [4.69, 9.17) is 9.47 Å². The average Bonchev–Trinajstić information content (AvgIpc) is 3.16. The second kappa shape index (κ2) is 7.82. The van der Waals surface area contributed by atoms with Crippen molar-refractivity contribution in [3.05, 3.63) is 77.6 Å². The van der Waals surface area contributed by atoms with Gasteiger partial charge >= 0.3 is 12.1 Å². The lowest BCUT2D eigenvalue weighted by Crippen LogP contribution is -2.17. The highest BCUT2D eigenvalue weighted by Gasteiger charge is 2.18. The van der Waals surface area contributed by atoms with E-state index in [0.29, 0.717) is 4.80 Å². The minimum Gasteiger partial charge on any atom is -0.455 e. The summed E-state index contributed by atoms with van der Waals surface area (Å²) in [7, 11) is 0. The molecule has 0 saturated carbocycles. The molecule has 0 saturated heterocycles. The molecule has 0 radical (unpaired) electrons. The van der Waals surface area contributed by atoms with Crippen LogP contribution in [-0.2, 0) is 22.7 Å². The fourth-order valence-corrected chi connectivity index (χ4v) is 1.94. The van der Waals surface area contributed by atoms with E-state index in [1.54, 1.807) is 0 Å². The molecule has 1 heterocycles. The maximum absolute atomic E-state index is 11.9. The molecule has 2 aromatic carbocycles. The van der Waals surface area contributed by atoms with Gasteiger partial charge in [0.05, 0.1) is 0 Å². The van der Waals surface area contributed by atoms with E-state index < -0.39 is 12.1 Å². The highest BCUT2D eigenvalue weighted by atomic mass is 16.6. The number of ether oxygens (including phenoxy) is 2. The zero-order chi connectivity index (χ0) is 17.5. The minimum absolute atomic E-state index is 0.0645. The molecule has 8 nitrogen and oxygen atoms in total. The van der Waals surface area contributed by atoms with Crippen molar-refractivity contribution in [2.75, 3.05) is 0 Å². The van der Waals surface area contributed by atoms with E-state index in [2.05, 4.69) is 15.4 Å². The summed E-state index contributed by atoms with van der Waals surface area (Å²) in [5, 5.41) is 10.7. The van der Waals surface area contributed by atoms with Gasteiger partial charge in [0.15, 0.2) is 0 Å². The quantitative estimate of drug-likeness (QED) is 0.658. The monoisotopic (exact) mass is 338 g/mol. The maximum Gasteiger partial charge on any atom is 0.454 e. The van der Waals surface area contributed by atoms with Crippen molar-refractivity contribution >= 4 is 12.1 Å². The van der Waals surface area contributed by atoms with Crippen LogP contribution in [0.25, 0.3) is 0 Å². The van der Waals surface area contributed by atoms with Crippen LogP contribution >= 0.6 is 0 Å². The molecule has 0 aliphatic carbocycles. The normalized spacial score (nSPS) is 10.2. The Hall–Kier alpha value is -3.55. The molecular formula is C17H14N4O4. The van der Waals surface area contributed by atoms with Crippen molar-refractivity contribution in [1.82, 2.24) is 20.2 Å². The third kappa shape index (κ3) is 4.47. The lowest BCUT2D eigenvalue weighted by molar-refractivity contribution is 0.0458. The zero-order valence-corrected chi connectivity index (χ0v) is 13.1. The van der Waals surface area contributed by atoms with Gasteiger partial charge in [-0.25, -0.2) is 9.59 Å². The average molecular weight is 338 g/mol. The molecule has 0 N–H and O–H groups in total. The fraction of sp³-hybridized carbons (Fsp3) is 0.118. The Morgan fingerprint density at radius 1 is 0.840 bits per heavy atom. The molecule has 0 atom stereocenters. The van der Waals surface area contributed by atoms with Crippen molar-refractivity contribution in [1.29, 1.82) is 0 Å². The molecule has 0 spiro atoms. The third-order valence-electron chi connectivity index (χ3n) is 3.18. The number of tetrazole rings is 1. The van der Waals surface area contributed by atoms with Crippen LogP contribution in [0, 0.1) is 0 Å². The van der Waals surface area contributed by atoms with Gasteiger partial charge in [-0.2, -0.15) is 0 Å². The highest BCUT2D eigenvalue weighted by molar-refractivity contribution is 5.85. The van der Waals surface area contributed by atoms with Gasteiger partial charge < -0.3 is 9.47 Å². The van der Waals surface area contributed by atoms with Crippen LogP contribution < -0.4 is 0 Å². The molecule has 0 aliphatic rings. The summed E-state index contributed by atoms with van der Waals surface area (Å²) in [6.45, 7) is 0.141. The Labute approximate surface area is 143 Å². The molecule has 0 amide bonds. The summed E-state index contributed by atoms with van der Waals surface area (Å²) < 4.78 is 10.1. The number of carbonyl (C=O) groups excluding carboxylic acids is 2. The SMILES string of the molecule is O=C(OCc1ccccc1)c1nnn(C(=O)OCc2ccccc2)n1. The van der Waals surface area contributed by atoms with Crippen LogP contribution in [0.4, 0.5) is 4.79 Å². The van der Waals surface area contributed by atoms with Gasteiger partial charge in [-0.05, 0) is 16.3 Å². The van der Waals surface area contributed by atoms with E-state index in [0.717, 1.165) is 11.1 Å². The third-order valence-corrected chi connectivity index (χ3v) is 3.18. The summed E-state index contributed by atoms with van der Waals surface area (Å²) in [5.74, 6) is -1.08. The number of nitrogens with zero attached hydrogens (tertiary/aromatic N) is 4. The lowest BCUT2D eigenvalue weighted by Gasteiger charge is -2.02. The van der Waals surface area contributed by atoms with Gasteiger partial charge in [-0.15, -0.1) is 10.2 Å². The number of rotatable bonds is 5. The maximum atomic E-state index is 11.9. The largest absolute Gasteiger partial charge is 0.455 e. The topological polar surface area (TPSA) is 96.2 Å². The molecule has 126 valence electrons. The number of carbonyl (C=O) groups is 2. The molecule has 3 rings (SSSR count). The van der Waals surface area contributed by atoms with Crippen molar-refractivity contribution in [3.8, 4) is 0 Å². The van der Waals surface area contributed by atoms with Gasteiger partial charge in [-0.3, -0.25) is 0 Å². The van der Waals surface area contributed by atoms with E-state index >= 15 is 0 Å². The summed E-state index contributed by atoms with van der Waals surface area (Å²) in [6.07, 6.45) is -0.835. The second-order valence-electron chi connectivity index (χ2n) is 5.00. The Bertz CT molecular complexity index is 779. The zero-order valence-electron chi connectivity index (χ0n) is 13.1. The number of hydrogen-bond donors (Lipinski definition) is 0. The van der Waals surface area contributed by atoms with Gasteiger partial charge in [0.2, 0.25) is 0 Å². The fourth-order valence-electron chi connectivity index (χ4n) is 1.94. The highest BCUT2D eigenvalue weighted by Crippen LogP contribution is 2.04. The van der Waals surface area contributed by atoms with Crippen LogP contribution in [-0.4, -0.2) is 32.3 Å². The predicted octanol–water partition coefficient (Wildman–Crippen LogP) is 2.21. The van der Waals surface area contributed by atoms with Crippen molar-refractivity contribution in [2.45, 2.75) is 13.2 Å². The first-order valence-corrected chi connectivity index (χ1v) is 7.44. The number of aromatic nitrogens is 4. The Balaban J connectivity index is 1.54. The van der Waals surface area contributed by atoms with E-state index in [1.807, 2.05) is 60.7 Å². The van der Waals surface area contributed by atoms with Crippen LogP contribution in [0.3, 0.4) is 0 Å². The molecule has 1 aromatic heterocycles. The molecule has 0 unspecified atom stereocenters. The first-order chi connectivity index (χ1) is 12.2. The standard InChI is InChI=1S/C17H14N4O4/c22-16(24-11-13-7-3-1-4-8-13)15-18-20-21(19-15)17(23)25-12-14-9-5-2-6-10-14/h1-10H,11-12H2. The van der Waals surface area contributed by atoms with E-state index in [1.165, 1.54) is 0 Å². The first kappa shape index (κ1) is 16.3. The first-order valence-electron chi connectivity index (χ1n) is 7.44. The Morgan fingerprint density at radius 2 is 1.40 bits per heavy atom. The van der Waals surface area contributed by atoms with Crippen LogP contribution in [0.2, 0.25) is 0 Å². The lowest BCUT2D eigenvalue weighted by atomic mass is 10.2. The summed E-state index contributed by atoms with van der Waals surface area (Å²) in [5.41, 5.74) is 1.64. The van der Waals surface area contributed by atoms with Crippen molar-refractivity contribution in [3.63, 3.8) is 0 Å². The summed E-state index contributed by atoms with van der Waals surface area (Å²) in [4.78, 5) is 24.4. The summed E-state index contributed by atoms with van der Waals surface area (Å²) in [6, 6.07) is 18.3. The second-order valence-corrected chi connectivity index (χ2v) is 5.00. The molecule has 8 heteroatoms. The predicted molar refractivity (Wildman–Crippen MR) is 85.4 cm³/mol. The molecule has 0 aliphatic heterocycles. The van der Waals surface area contributed by atoms with E-state index in [-0.39, 0.29) is 19.0 Å². The minimum atomic E-state index is -0.835. The number of benzene rings is 2. The number of hydrogen-bond acceptors (Lipinski definition) is 7. The van der Waals surface area contributed by atoms with Crippen LogP contribution in [0.1, 0.15) is 21.7 Å². The van der Waals surface area contributed by atoms with Crippen LogP contribution in [0.5, 0.6) is 0 Å². The van der Waals surface area contributed by atoms with Gasteiger partial charge in [0.25, 0.3) is 5.82 Å². The van der Waals surface area contributed by atoms with Gasteiger partial charge in [0, 0.05) is 0 Å². The molecule has 0 fully saturated rings. The van der Waals surface area contributed by atoms with Gasteiger partial charge in [0.1, 0.15) is 13.2 Å².